The first-order chi connectivity index (χ1) is 10.9. The minimum absolute atomic E-state index is 0.609. The zero-order valence-electron chi connectivity index (χ0n) is 13.1. The molecule has 0 N–H and O–H groups in total. The number of nitrogens with zero attached hydrogens (tertiary/aromatic N) is 1. The number of esters is 2. The first kappa shape index (κ1) is 18.2. The predicted octanol–water partition coefficient (Wildman–Crippen LogP) is 1.28. The van der Waals surface area contributed by atoms with E-state index in [9.17, 15) is 19.7 Å². The van der Waals surface area contributed by atoms with Gasteiger partial charge in [0.05, 0.1) is 14.2 Å². The quantitative estimate of drug-likeness (QED) is 0.267. The van der Waals surface area contributed by atoms with Crippen molar-refractivity contribution in [2.75, 3.05) is 20.8 Å². The second-order valence-electron chi connectivity index (χ2n) is 4.89. The van der Waals surface area contributed by atoms with Crippen molar-refractivity contribution < 1.29 is 24.0 Å². The Hall–Kier alpha value is -2.88. The molecule has 122 valence electrons. The van der Waals surface area contributed by atoms with Gasteiger partial charge in [0.2, 0.25) is 6.54 Å². The van der Waals surface area contributed by atoms with Crippen molar-refractivity contribution in [3.05, 3.63) is 46.0 Å². The highest BCUT2D eigenvalue weighted by molar-refractivity contribution is 6.00. The topological polar surface area (TPSA) is 95.7 Å². The van der Waals surface area contributed by atoms with Gasteiger partial charge in [-0.2, -0.15) is 0 Å². The molecule has 0 aliphatic carbocycles. The molecule has 0 saturated heterocycles. The minimum Gasteiger partial charge on any atom is -0.468 e. The van der Waals surface area contributed by atoms with Gasteiger partial charge < -0.3 is 9.47 Å². The summed E-state index contributed by atoms with van der Waals surface area (Å²) < 4.78 is 9.25. The van der Waals surface area contributed by atoms with Crippen molar-refractivity contribution in [2.45, 2.75) is 6.92 Å². The lowest BCUT2D eigenvalue weighted by atomic mass is 9.77. The number of nitro groups is 1. The van der Waals surface area contributed by atoms with E-state index >= 15 is 0 Å². The highest BCUT2D eigenvalue weighted by Gasteiger charge is 2.52. The number of carbonyl (C=O) groups excluding carboxylic acids is 2. The third-order valence-corrected chi connectivity index (χ3v) is 3.41. The summed E-state index contributed by atoms with van der Waals surface area (Å²) in [6.07, 6.45) is 0. The molecule has 0 spiro atoms. The van der Waals surface area contributed by atoms with Crippen molar-refractivity contribution in [1.29, 1.82) is 0 Å². The molecule has 7 nitrogen and oxygen atoms in total. The van der Waals surface area contributed by atoms with Crippen molar-refractivity contribution in [3.63, 3.8) is 0 Å². The van der Waals surface area contributed by atoms with Crippen LogP contribution in [0.25, 0.3) is 0 Å². The Morgan fingerprint density at radius 1 is 1.22 bits per heavy atom. The Labute approximate surface area is 133 Å². The summed E-state index contributed by atoms with van der Waals surface area (Å²) in [5.74, 6) is 2.33. The van der Waals surface area contributed by atoms with E-state index in [1.165, 1.54) is 6.92 Å². The Morgan fingerprint density at radius 3 is 2.17 bits per heavy atom. The highest BCUT2D eigenvalue weighted by atomic mass is 16.6. The summed E-state index contributed by atoms with van der Waals surface area (Å²) in [6.45, 7) is 0.541. The number of rotatable bonds is 5. The van der Waals surface area contributed by atoms with E-state index in [-0.39, 0.29) is 0 Å². The molecule has 0 saturated carbocycles. The number of hydrogen-bond donors (Lipinski definition) is 0. The summed E-state index contributed by atoms with van der Waals surface area (Å²) in [7, 11) is 2.19. The summed E-state index contributed by atoms with van der Waals surface area (Å²) >= 11 is 0. The van der Waals surface area contributed by atoms with E-state index in [1.807, 2.05) is 0 Å². The van der Waals surface area contributed by atoms with Crippen LogP contribution in [0.5, 0.6) is 0 Å². The molecular weight excluding hydrogens is 302 g/mol. The zero-order valence-corrected chi connectivity index (χ0v) is 13.1. The molecule has 7 heteroatoms. The van der Waals surface area contributed by atoms with Gasteiger partial charge in [-0.3, -0.25) is 19.7 Å². The van der Waals surface area contributed by atoms with Crippen LogP contribution < -0.4 is 0 Å². The Balaban J connectivity index is 3.32. The third kappa shape index (κ3) is 4.30. The summed E-state index contributed by atoms with van der Waals surface area (Å²) in [6, 6.07) is 8.74. The SMILES string of the molecule is COC(=O)C(C)(C(=O)OC)[C@H](C#Cc1ccccc1)C[N+](=O)[O-]. The largest absolute Gasteiger partial charge is 0.468 e. The van der Waals surface area contributed by atoms with Crippen LogP contribution in [-0.4, -0.2) is 37.6 Å². The molecule has 1 rings (SSSR count). The number of hydrogen-bond acceptors (Lipinski definition) is 6. The van der Waals surface area contributed by atoms with Gasteiger partial charge in [-0.25, -0.2) is 0 Å². The van der Waals surface area contributed by atoms with Gasteiger partial charge in [-0.1, -0.05) is 30.0 Å². The second kappa shape index (κ2) is 7.94. The van der Waals surface area contributed by atoms with Gasteiger partial charge in [0.15, 0.2) is 5.41 Å². The van der Waals surface area contributed by atoms with Gasteiger partial charge in [0, 0.05) is 10.5 Å². The normalized spacial score (nSPS) is 11.6. The fraction of sp³-hybridized carbons (Fsp3) is 0.375. The van der Waals surface area contributed by atoms with Gasteiger partial charge in [0.25, 0.3) is 0 Å². The van der Waals surface area contributed by atoms with Crippen LogP contribution in [0.15, 0.2) is 30.3 Å². The van der Waals surface area contributed by atoms with Crippen molar-refractivity contribution in [2.24, 2.45) is 11.3 Å². The third-order valence-electron chi connectivity index (χ3n) is 3.41. The Bertz CT molecular complexity index is 628. The Morgan fingerprint density at radius 2 is 1.74 bits per heavy atom. The van der Waals surface area contributed by atoms with Crippen LogP contribution >= 0.6 is 0 Å². The molecule has 1 aromatic rings. The van der Waals surface area contributed by atoms with E-state index in [4.69, 9.17) is 0 Å². The average Bonchev–Trinajstić information content (AvgIpc) is 2.56. The van der Waals surface area contributed by atoms with Crippen molar-refractivity contribution >= 4 is 11.9 Å². The molecule has 0 radical (unpaired) electrons. The first-order valence-corrected chi connectivity index (χ1v) is 6.71. The molecule has 0 amide bonds. The smallest absolute Gasteiger partial charge is 0.324 e. The Kier molecular flexibility index (Phi) is 6.27. The monoisotopic (exact) mass is 319 g/mol. The molecule has 23 heavy (non-hydrogen) atoms. The molecular formula is C16H17NO6. The maximum atomic E-state index is 12.1. The standard InChI is InChI=1S/C16H17NO6/c1-16(14(18)22-2,15(19)23-3)13(11-17(20)21)10-9-12-7-5-4-6-8-12/h4-8,13H,11H2,1-3H3/t13-/m1/s1. The maximum absolute atomic E-state index is 12.1. The molecule has 0 aromatic heterocycles. The summed E-state index contributed by atoms with van der Waals surface area (Å²) in [5, 5.41) is 10.9. The summed E-state index contributed by atoms with van der Waals surface area (Å²) in [5.41, 5.74) is -1.28. The number of carbonyl (C=O) groups is 2. The van der Waals surface area contributed by atoms with Gasteiger partial charge in [-0.05, 0) is 19.1 Å². The van der Waals surface area contributed by atoms with Crippen LogP contribution in [0.2, 0.25) is 0 Å². The lowest BCUT2D eigenvalue weighted by Gasteiger charge is -2.26. The number of ether oxygens (including phenoxy) is 2. The van der Waals surface area contributed by atoms with E-state index in [0.29, 0.717) is 5.56 Å². The van der Waals surface area contributed by atoms with E-state index in [1.54, 1.807) is 30.3 Å². The molecule has 0 heterocycles. The molecule has 0 aliphatic heterocycles. The van der Waals surface area contributed by atoms with Crippen LogP contribution in [0.3, 0.4) is 0 Å². The fourth-order valence-corrected chi connectivity index (χ4v) is 2.01. The van der Waals surface area contributed by atoms with E-state index in [2.05, 4.69) is 21.3 Å². The van der Waals surface area contributed by atoms with Crippen LogP contribution in [0, 0.1) is 33.3 Å². The average molecular weight is 319 g/mol. The fourth-order valence-electron chi connectivity index (χ4n) is 2.01. The first-order valence-electron chi connectivity index (χ1n) is 6.71. The molecule has 0 fully saturated rings. The lowest BCUT2D eigenvalue weighted by Crippen LogP contribution is -2.46. The van der Waals surface area contributed by atoms with Crippen LogP contribution in [0.1, 0.15) is 12.5 Å². The molecule has 1 aromatic carbocycles. The maximum Gasteiger partial charge on any atom is 0.324 e. The summed E-state index contributed by atoms with van der Waals surface area (Å²) in [4.78, 5) is 34.4. The van der Waals surface area contributed by atoms with Gasteiger partial charge >= 0.3 is 11.9 Å². The van der Waals surface area contributed by atoms with Gasteiger partial charge in [0.1, 0.15) is 5.92 Å². The lowest BCUT2D eigenvalue weighted by molar-refractivity contribution is -0.487. The zero-order chi connectivity index (χ0) is 17.5. The molecule has 0 aliphatic rings. The van der Waals surface area contributed by atoms with E-state index < -0.39 is 34.7 Å². The second-order valence-corrected chi connectivity index (χ2v) is 4.89. The molecule has 0 bridgehead atoms. The van der Waals surface area contributed by atoms with Crippen LogP contribution in [-0.2, 0) is 19.1 Å². The van der Waals surface area contributed by atoms with E-state index in [0.717, 1.165) is 14.2 Å². The highest BCUT2D eigenvalue weighted by Crippen LogP contribution is 2.31. The van der Waals surface area contributed by atoms with Crippen molar-refractivity contribution in [3.8, 4) is 11.8 Å². The molecule has 1 atom stereocenters. The molecule has 0 unspecified atom stereocenters. The predicted molar refractivity (Wildman–Crippen MR) is 80.8 cm³/mol. The van der Waals surface area contributed by atoms with Gasteiger partial charge in [-0.15, -0.1) is 0 Å². The van der Waals surface area contributed by atoms with Crippen molar-refractivity contribution in [1.82, 2.24) is 0 Å². The minimum atomic E-state index is -1.89. The number of benzene rings is 1. The number of methoxy groups -OCH3 is 2. The van der Waals surface area contributed by atoms with Crippen LogP contribution in [0.4, 0.5) is 0 Å².